The number of carbonyl (C=O) groups excluding carboxylic acids is 1. The number of nitrogen functional groups attached to an aromatic ring is 1. The van der Waals surface area contributed by atoms with Gasteiger partial charge >= 0.3 is 0 Å². The first-order chi connectivity index (χ1) is 8.99. The van der Waals surface area contributed by atoms with Crippen molar-refractivity contribution in [2.45, 2.75) is 0 Å². The lowest BCUT2D eigenvalue weighted by atomic mass is 10.1. The van der Waals surface area contributed by atoms with E-state index in [0.29, 0.717) is 21.4 Å². The van der Waals surface area contributed by atoms with E-state index in [1.807, 2.05) is 0 Å². The van der Waals surface area contributed by atoms with Gasteiger partial charge in [-0.25, -0.2) is 4.39 Å². The van der Waals surface area contributed by atoms with Gasteiger partial charge in [-0.15, -0.1) is 0 Å². The van der Waals surface area contributed by atoms with Gasteiger partial charge in [-0.2, -0.15) is 0 Å². The third-order valence-corrected chi connectivity index (χ3v) is 3.45. The van der Waals surface area contributed by atoms with Gasteiger partial charge < -0.3 is 10.6 Å². The van der Waals surface area contributed by atoms with Gasteiger partial charge in [0.05, 0.1) is 0 Å². The lowest BCUT2D eigenvalue weighted by molar-refractivity contribution is 0.0993. The Bertz CT molecular complexity index is 613. The summed E-state index contributed by atoms with van der Waals surface area (Å²) < 4.78 is 13.5. The van der Waals surface area contributed by atoms with E-state index in [0.717, 1.165) is 0 Å². The van der Waals surface area contributed by atoms with Crippen LogP contribution in [0.2, 0.25) is 0 Å². The van der Waals surface area contributed by atoms with E-state index in [9.17, 15) is 9.18 Å². The maximum absolute atomic E-state index is 12.8. The van der Waals surface area contributed by atoms with Gasteiger partial charge in [-0.3, -0.25) is 4.79 Å². The van der Waals surface area contributed by atoms with Crippen molar-refractivity contribution in [2.75, 3.05) is 17.7 Å². The van der Waals surface area contributed by atoms with Gasteiger partial charge in [0.2, 0.25) is 0 Å². The predicted octanol–water partition coefficient (Wildman–Crippen LogP) is 3.45. The Morgan fingerprint density at radius 1 is 1.21 bits per heavy atom. The molecule has 2 aromatic rings. The number of benzene rings is 2. The van der Waals surface area contributed by atoms with E-state index in [1.165, 1.54) is 17.0 Å². The Morgan fingerprint density at radius 2 is 1.84 bits per heavy atom. The fourth-order valence-electron chi connectivity index (χ4n) is 1.64. The molecule has 0 aliphatic rings. The van der Waals surface area contributed by atoms with Crippen molar-refractivity contribution in [1.82, 2.24) is 0 Å². The standard InChI is InChI=1S/C14H12BrFN2O/c1-18(11-5-3-10(16)4-6-11)14(19)9-2-7-13(17)12(15)8-9/h2-8H,17H2,1H3. The van der Waals surface area contributed by atoms with Crippen LogP contribution in [-0.2, 0) is 0 Å². The minimum Gasteiger partial charge on any atom is -0.398 e. The highest BCUT2D eigenvalue weighted by Crippen LogP contribution is 2.22. The first kappa shape index (κ1) is 13.5. The Morgan fingerprint density at radius 3 is 2.42 bits per heavy atom. The predicted molar refractivity (Wildman–Crippen MR) is 77.7 cm³/mol. The highest BCUT2D eigenvalue weighted by atomic mass is 79.9. The fourth-order valence-corrected chi connectivity index (χ4v) is 2.01. The van der Waals surface area contributed by atoms with Gasteiger partial charge in [0.25, 0.3) is 5.91 Å². The summed E-state index contributed by atoms with van der Waals surface area (Å²) >= 11 is 3.28. The monoisotopic (exact) mass is 322 g/mol. The average molecular weight is 323 g/mol. The van der Waals surface area contributed by atoms with Crippen molar-refractivity contribution in [3.8, 4) is 0 Å². The lowest BCUT2D eigenvalue weighted by Gasteiger charge is -2.17. The van der Waals surface area contributed by atoms with Crippen LogP contribution < -0.4 is 10.6 Å². The van der Waals surface area contributed by atoms with Crippen molar-refractivity contribution >= 4 is 33.2 Å². The van der Waals surface area contributed by atoms with Crippen LogP contribution in [0.15, 0.2) is 46.9 Å². The lowest BCUT2D eigenvalue weighted by Crippen LogP contribution is -2.26. The van der Waals surface area contributed by atoms with Gasteiger partial charge in [-0.05, 0) is 58.4 Å². The molecule has 0 fully saturated rings. The molecule has 19 heavy (non-hydrogen) atoms. The molecule has 2 N–H and O–H groups in total. The van der Waals surface area contributed by atoms with Crippen molar-refractivity contribution < 1.29 is 9.18 Å². The zero-order valence-electron chi connectivity index (χ0n) is 10.2. The van der Waals surface area contributed by atoms with Crippen LogP contribution in [0.5, 0.6) is 0 Å². The summed E-state index contributed by atoms with van der Waals surface area (Å²) in [6, 6.07) is 10.7. The quantitative estimate of drug-likeness (QED) is 0.861. The smallest absolute Gasteiger partial charge is 0.258 e. The van der Waals surface area contributed by atoms with E-state index in [2.05, 4.69) is 15.9 Å². The maximum atomic E-state index is 12.8. The number of amides is 1. The van der Waals surface area contributed by atoms with Crippen molar-refractivity contribution in [1.29, 1.82) is 0 Å². The van der Waals surface area contributed by atoms with Crippen LogP contribution in [0.1, 0.15) is 10.4 Å². The van der Waals surface area contributed by atoms with Gasteiger partial charge in [-0.1, -0.05) is 0 Å². The second kappa shape index (κ2) is 5.40. The summed E-state index contributed by atoms with van der Waals surface area (Å²) in [5.41, 5.74) is 7.38. The molecule has 98 valence electrons. The molecule has 0 saturated carbocycles. The summed E-state index contributed by atoms with van der Waals surface area (Å²) in [7, 11) is 1.64. The van der Waals surface area contributed by atoms with Crippen LogP contribution in [0.25, 0.3) is 0 Å². The average Bonchev–Trinajstić information content (AvgIpc) is 2.41. The van der Waals surface area contributed by atoms with Crippen LogP contribution in [0.4, 0.5) is 15.8 Å². The normalized spacial score (nSPS) is 10.3. The van der Waals surface area contributed by atoms with E-state index < -0.39 is 0 Å². The molecule has 1 amide bonds. The Hall–Kier alpha value is -1.88. The van der Waals surface area contributed by atoms with E-state index in [1.54, 1.807) is 37.4 Å². The summed E-state index contributed by atoms with van der Waals surface area (Å²) in [4.78, 5) is 13.7. The van der Waals surface area contributed by atoms with E-state index >= 15 is 0 Å². The Balaban J connectivity index is 2.28. The summed E-state index contributed by atoms with van der Waals surface area (Å²) in [6.45, 7) is 0. The Kier molecular flexibility index (Phi) is 3.85. The highest BCUT2D eigenvalue weighted by molar-refractivity contribution is 9.10. The van der Waals surface area contributed by atoms with Crippen molar-refractivity contribution in [3.63, 3.8) is 0 Å². The topological polar surface area (TPSA) is 46.3 Å². The molecule has 0 unspecified atom stereocenters. The molecular weight excluding hydrogens is 311 g/mol. The number of carbonyl (C=O) groups is 1. The molecule has 0 aromatic heterocycles. The van der Waals surface area contributed by atoms with Crippen LogP contribution >= 0.6 is 15.9 Å². The van der Waals surface area contributed by atoms with Crippen molar-refractivity contribution in [3.05, 3.63) is 58.3 Å². The second-order valence-corrected chi connectivity index (χ2v) is 4.93. The zero-order chi connectivity index (χ0) is 14.0. The SMILES string of the molecule is CN(C(=O)c1ccc(N)c(Br)c1)c1ccc(F)cc1. The van der Waals surface area contributed by atoms with Gasteiger partial charge in [0.15, 0.2) is 0 Å². The van der Waals surface area contributed by atoms with E-state index in [4.69, 9.17) is 5.73 Å². The zero-order valence-corrected chi connectivity index (χ0v) is 11.8. The fraction of sp³-hybridized carbons (Fsp3) is 0.0714. The molecule has 2 aromatic carbocycles. The molecule has 0 radical (unpaired) electrons. The summed E-state index contributed by atoms with van der Waals surface area (Å²) in [5.74, 6) is -0.521. The number of nitrogens with zero attached hydrogens (tertiary/aromatic N) is 1. The number of halogens is 2. The van der Waals surface area contributed by atoms with Crippen LogP contribution in [0, 0.1) is 5.82 Å². The maximum Gasteiger partial charge on any atom is 0.258 e. The summed E-state index contributed by atoms with van der Waals surface area (Å²) in [5, 5.41) is 0. The molecule has 5 heteroatoms. The third kappa shape index (κ3) is 2.93. The highest BCUT2D eigenvalue weighted by Gasteiger charge is 2.14. The largest absolute Gasteiger partial charge is 0.398 e. The minimum absolute atomic E-state index is 0.188. The second-order valence-electron chi connectivity index (χ2n) is 4.08. The number of anilines is 2. The first-order valence-electron chi connectivity index (χ1n) is 5.57. The van der Waals surface area contributed by atoms with E-state index in [-0.39, 0.29) is 11.7 Å². The molecule has 0 saturated heterocycles. The molecule has 0 atom stereocenters. The molecule has 0 spiro atoms. The van der Waals surface area contributed by atoms with Crippen LogP contribution in [0.3, 0.4) is 0 Å². The molecule has 0 aliphatic carbocycles. The number of hydrogen-bond acceptors (Lipinski definition) is 2. The molecule has 0 bridgehead atoms. The van der Waals surface area contributed by atoms with Gasteiger partial charge in [0, 0.05) is 28.5 Å². The first-order valence-corrected chi connectivity index (χ1v) is 6.37. The minimum atomic E-state index is -0.333. The number of hydrogen-bond donors (Lipinski definition) is 1. The molecule has 3 nitrogen and oxygen atoms in total. The van der Waals surface area contributed by atoms with Gasteiger partial charge in [0.1, 0.15) is 5.82 Å². The van der Waals surface area contributed by atoms with Crippen molar-refractivity contribution in [2.24, 2.45) is 0 Å². The third-order valence-electron chi connectivity index (χ3n) is 2.77. The molecular formula is C14H12BrFN2O. The summed E-state index contributed by atoms with van der Waals surface area (Å²) in [6.07, 6.45) is 0. The molecule has 0 heterocycles. The Labute approximate surface area is 119 Å². The molecule has 2 rings (SSSR count). The van der Waals surface area contributed by atoms with Crippen LogP contribution in [-0.4, -0.2) is 13.0 Å². The number of rotatable bonds is 2. The molecule has 0 aliphatic heterocycles. The number of nitrogens with two attached hydrogens (primary N) is 1.